The Morgan fingerprint density at radius 3 is 2.70 bits per heavy atom. The fourth-order valence-electron chi connectivity index (χ4n) is 2.22. The van der Waals surface area contributed by atoms with Crippen LogP contribution in [-0.2, 0) is 11.3 Å². The summed E-state index contributed by atoms with van der Waals surface area (Å²) in [5.74, 6) is 2.00. The molecule has 0 amide bonds. The second-order valence-electron chi connectivity index (χ2n) is 4.76. The van der Waals surface area contributed by atoms with Crippen molar-refractivity contribution in [2.24, 2.45) is 0 Å². The minimum atomic E-state index is 0.289. The van der Waals surface area contributed by atoms with Crippen molar-refractivity contribution < 1.29 is 9.84 Å². The molecule has 0 radical (unpaired) electrons. The van der Waals surface area contributed by atoms with Crippen molar-refractivity contribution in [2.45, 2.75) is 37.9 Å². The van der Waals surface area contributed by atoms with Crippen LogP contribution in [0.15, 0.2) is 5.16 Å². The maximum atomic E-state index is 8.76. The lowest BCUT2D eigenvalue weighted by Gasteiger charge is -2.27. The molecular weight excluding hydrogens is 276 g/mol. The quantitative estimate of drug-likeness (QED) is 0.578. The van der Waals surface area contributed by atoms with E-state index < -0.39 is 0 Å². The molecule has 2 rings (SSSR count). The van der Waals surface area contributed by atoms with E-state index >= 15 is 0 Å². The van der Waals surface area contributed by atoms with Gasteiger partial charge >= 0.3 is 0 Å². The number of hydrogen-bond donors (Lipinski definition) is 1. The first-order valence-corrected chi connectivity index (χ1v) is 8.35. The Balaban J connectivity index is 1.90. The van der Waals surface area contributed by atoms with Crippen LogP contribution in [0.3, 0.4) is 0 Å². The van der Waals surface area contributed by atoms with E-state index in [0.717, 1.165) is 69.0 Å². The van der Waals surface area contributed by atoms with Crippen LogP contribution in [0.5, 0.6) is 0 Å². The van der Waals surface area contributed by atoms with E-state index in [1.54, 1.807) is 11.8 Å². The van der Waals surface area contributed by atoms with Crippen LogP contribution in [0.2, 0.25) is 0 Å². The Hall–Kier alpha value is -0.790. The smallest absolute Gasteiger partial charge is 0.228 e. The second kappa shape index (κ2) is 8.49. The molecule has 1 saturated heterocycles. The van der Waals surface area contributed by atoms with E-state index in [4.69, 9.17) is 9.84 Å². The highest BCUT2D eigenvalue weighted by Gasteiger charge is 2.19. The van der Waals surface area contributed by atoms with E-state index in [2.05, 4.69) is 26.6 Å². The lowest BCUT2D eigenvalue weighted by Crippen LogP contribution is -2.38. The largest absolute Gasteiger partial charge is 0.396 e. The molecule has 1 aliphatic rings. The molecule has 1 aromatic rings. The van der Waals surface area contributed by atoms with Gasteiger partial charge in [0.2, 0.25) is 5.95 Å². The van der Waals surface area contributed by atoms with Gasteiger partial charge in [-0.15, -0.1) is 10.2 Å². The van der Waals surface area contributed by atoms with Gasteiger partial charge in [0.05, 0.1) is 13.2 Å². The summed E-state index contributed by atoms with van der Waals surface area (Å²) in [5, 5.41) is 18.4. The van der Waals surface area contributed by atoms with Gasteiger partial charge in [-0.05, 0) is 19.8 Å². The third-order valence-electron chi connectivity index (χ3n) is 3.34. The van der Waals surface area contributed by atoms with Crippen LogP contribution < -0.4 is 4.90 Å². The summed E-state index contributed by atoms with van der Waals surface area (Å²) in [6.07, 6.45) is 3.06. The number of aliphatic hydroxyl groups is 1. The lowest BCUT2D eigenvalue weighted by molar-refractivity contribution is 0.121. The van der Waals surface area contributed by atoms with Crippen molar-refractivity contribution in [2.75, 3.05) is 43.6 Å². The first-order chi connectivity index (χ1) is 9.86. The summed E-state index contributed by atoms with van der Waals surface area (Å²) in [5.41, 5.74) is 0. The molecule has 114 valence electrons. The van der Waals surface area contributed by atoms with Crippen molar-refractivity contribution in [1.29, 1.82) is 0 Å². The first kappa shape index (κ1) is 15.6. The third-order valence-corrected chi connectivity index (χ3v) is 4.39. The summed E-state index contributed by atoms with van der Waals surface area (Å²) >= 11 is 1.76. The Morgan fingerprint density at radius 2 is 2.00 bits per heavy atom. The normalized spacial score (nSPS) is 15.8. The molecule has 0 unspecified atom stereocenters. The van der Waals surface area contributed by atoms with Crippen molar-refractivity contribution in [3.63, 3.8) is 0 Å². The maximum Gasteiger partial charge on any atom is 0.228 e. The molecule has 0 spiro atoms. The molecule has 0 atom stereocenters. The Labute approximate surface area is 124 Å². The molecule has 7 heteroatoms. The molecule has 1 aliphatic heterocycles. The van der Waals surface area contributed by atoms with Crippen molar-refractivity contribution >= 4 is 17.7 Å². The van der Waals surface area contributed by atoms with Gasteiger partial charge in [0.15, 0.2) is 5.16 Å². The highest BCUT2D eigenvalue weighted by Crippen LogP contribution is 2.23. The fraction of sp³-hybridized carbons (Fsp3) is 0.846. The van der Waals surface area contributed by atoms with Gasteiger partial charge in [0, 0.05) is 32.0 Å². The fourth-order valence-corrected chi connectivity index (χ4v) is 3.21. The molecule has 1 aromatic heterocycles. The Morgan fingerprint density at radius 1 is 1.20 bits per heavy atom. The van der Waals surface area contributed by atoms with Crippen LogP contribution in [0.4, 0.5) is 5.95 Å². The molecule has 6 nitrogen and oxygen atoms in total. The van der Waals surface area contributed by atoms with Gasteiger partial charge in [-0.3, -0.25) is 4.57 Å². The number of morpholine rings is 1. The van der Waals surface area contributed by atoms with Crippen molar-refractivity contribution in [1.82, 2.24) is 14.8 Å². The molecule has 1 N–H and O–H groups in total. The number of unbranched alkanes of at least 4 members (excludes halogenated alkanes) is 2. The summed E-state index contributed by atoms with van der Waals surface area (Å²) in [7, 11) is 0. The zero-order valence-electron chi connectivity index (χ0n) is 12.1. The molecule has 2 heterocycles. The van der Waals surface area contributed by atoms with Gasteiger partial charge in [0.1, 0.15) is 0 Å². The number of hydrogen-bond acceptors (Lipinski definition) is 6. The van der Waals surface area contributed by atoms with E-state index in [9.17, 15) is 0 Å². The number of aromatic nitrogens is 3. The highest BCUT2D eigenvalue weighted by atomic mass is 32.2. The molecule has 0 aromatic carbocycles. The van der Waals surface area contributed by atoms with E-state index in [0.29, 0.717) is 0 Å². The monoisotopic (exact) mass is 300 g/mol. The summed E-state index contributed by atoms with van der Waals surface area (Å²) in [4.78, 5) is 2.25. The zero-order chi connectivity index (χ0) is 14.2. The van der Waals surface area contributed by atoms with Gasteiger partial charge in [-0.2, -0.15) is 0 Å². The van der Waals surface area contributed by atoms with Crippen molar-refractivity contribution in [3.05, 3.63) is 0 Å². The van der Waals surface area contributed by atoms with Gasteiger partial charge < -0.3 is 14.7 Å². The van der Waals surface area contributed by atoms with E-state index in [-0.39, 0.29) is 6.61 Å². The number of nitrogens with zero attached hydrogens (tertiary/aromatic N) is 4. The van der Waals surface area contributed by atoms with Gasteiger partial charge in [-0.1, -0.05) is 18.2 Å². The van der Waals surface area contributed by atoms with Crippen LogP contribution >= 0.6 is 11.8 Å². The predicted molar refractivity (Wildman–Crippen MR) is 80.4 cm³/mol. The van der Waals surface area contributed by atoms with E-state index in [1.165, 1.54) is 0 Å². The molecule has 20 heavy (non-hydrogen) atoms. The Kier molecular flexibility index (Phi) is 6.62. The number of ether oxygens (including phenoxy) is 1. The minimum absolute atomic E-state index is 0.289. The Bertz CT molecular complexity index is 394. The standard InChI is InChI=1S/C13H24N4O2S/c1-2-17-12(16-6-9-19-10-7-16)14-15-13(17)20-11-5-3-4-8-18/h18H,2-11H2,1H3. The lowest BCUT2D eigenvalue weighted by atomic mass is 10.3. The average molecular weight is 300 g/mol. The average Bonchev–Trinajstić information content (AvgIpc) is 2.91. The second-order valence-corrected chi connectivity index (χ2v) is 5.82. The summed E-state index contributed by atoms with van der Waals surface area (Å²) in [6.45, 7) is 6.61. The molecular formula is C13H24N4O2S. The van der Waals surface area contributed by atoms with Crippen molar-refractivity contribution in [3.8, 4) is 0 Å². The highest BCUT2D eigenvalue weighted by molar-refractivity contribution is 7.99. The topological polar surface area (TPSA) is 63.4 Å². The number of anilines is 1. The van der Waals surface area contributed by atoms with Gasteiger partial charge in [-0.25, -0.2) is 0 Å². The minimum Gasteiger partial charge on any atom is -0.396 e. The van der Waals surface area contributed by atoms with Crippen LogP contribution in [0.25, 0.3) is 0 Å². The molecule has 0 saturated carbocycles. The molecule has 1 fully saturated rings. The molecule has 0 aliphatic carbocycles. The predicted octanol–water partition coefficient (Wildman–Crippen LogP) is 1.39. The zero-order valence-corrected chi connectivity index (χ0v) is 12.9. The van der Waals surface area contributed by atoms with E-state index in [1.807, 2.05) is 0 Å². The number of aliphatic hydroxyl groups excluding tert-OH is 1. The SMILES string of the molecule is CCn1c(SCCCCCO)nnc1N1CCOCC1. The number of thioether (sulfide) groups is 1. The van der Waals surface area contributed by atoms with Gasteiger partial charge in [0.25, 0.3) is 0 Å². The first-order valence-electron chi connectivity index (χ1n) is 7.36. The summed E-state index contributed by atoms with van der Waals surface area (Å²) in [6, 6.07) is 0. The van der Waals surface area contributed by atoms with Crippen LogP contribution in [-0.4, -0.2) is 58.5 Å². The molecule has 0 bridgehead atoms. The third kappa shape index (κ3) is 4.10. The maximum absolute atomic E-state index is 8.76. The number of rotatable bonds is 8. The van der Waals surface area contributed by atoms with Crippen LogP contribution in [0, 0.1) is 0 Å². The summed E-state index contributed by atoms with van der Waals surface area (Å²) < 4.78 is 7.56. The van der Waals surface area contributed by atoms with Crippen LogP contribution in [0.1, 0.15) is 26.2 Å².